The van der Waals surface area contributed by atoms with Crippen molar-refractivity contribution >= 4 is 6.09 Å². The largest absolute Gasteiger partial charge is 0.453 e. The second-order valence-corrected chi connectivity index (χ2v) is 9.90. The molecule has 4 aliphatic rings. The molecule has 4 aliphatic carbocycles. The summed E-state index contributed by atoms with van der Waals surface area (Å²) in [7, 11) is 1.46. The normalized spacial score (nSPS) is 51.8. The van der Waals surface area contributed by atoms with E-state index in [2.05, 4.69) is 19.2 Å². The molecule has 2 N–H and O–H groups in total. The van der Waals surface area contributed by atoms with Crippen LogP contribution in [0.1, 0.15) is 71.6 Å². The van der Waals surface area contributed by atoms with Gasteiger partial charge < -0.3 is 15.2 Å². The van der Waals surface area contributed by atoms with E-state index >= 15 is 0 Å². The smallest absolute Gasteiger partial charge is 0.407 e. The summed E-state index contributed by atoms with van der Waals surface area (Å²) < 4.78 is 4.87. The van der Waals surface area contributed by atoms with Crippen LogP contribution in [0.15, 0.2) is 0 Å². The van der Waals surface area contributed by atoms with Crippen molar-refractivity contribution in [3.63, 3.8) is 0 Å². The van der Waals surface area contributed by atoms with Gasteiger partial charge in [0.15, 0.2) is 0 Å². The summed E-state index contributed by atoms with van der Waals surface area (Å²) in [4.78, 5) is 11.8. The number of methoxy groups -OCH3 is 1. The molecule has 0 aromatic rings. The zero-order valence-corrected chi connectivity index (χ0v) is 16.1. The topological polar surface area (TPSA) is 58.6 Å². The van der Waals surface area contributed by atoms with Crippen LogP contribution >= 0.6 is 0 Å². The van der Waals surface area contributed by atoms with Gasteiger partial charge in [-0.15, -0.1) is 0 Å². The molecule has 4 heteroatoms. The van der Waals surface area contributed by atoms with E-state index in [4.69, 9.17) is 4.74 Å². The molecule has 0 spiro atoms. The summed E-state index contributed by atoms with van der Waals surface area (Å²) in [5.41, 5.74) is 0.657. The first kappa shape index (κ1) is 17.6. The Morgan fingerprint density at radius 1 is 1.00 bits per heavy atom. The third-order valence-electron chi connectivity index (χ3n) is 9.12. The number of aliphatic hydroxyl groups excluding tert-OH is 1. The average Bonchev–Trinajstić information content (AvgIpc) is 2.92. The SMILES string of the molecule is COC(=O)N[C@@H]1CC[C@@H]2[C@H]3CC[C@H]4C[C@H](O)CC[C@]4(C)[C@H]3CC[C@@]21C. The molecule has 4 saturated carbocycles. The number of nitrogens with one attached hydrogen (secondary N) is 1. The summed E-state index contributed by atoms with van der Waals surface area (Å²) in [6, 6.07) is 0.268. The molecule has 0 unspecified atom stereocenters. The van der Waals surface area contributed by atoms with E-state index in [9.17, 15) is 9.90 Å². The number of ether oxygens (including phenoxy) is 1. The van der Waals surface area contributed by atoms with E-state index in [1.165, 1.54) is 45.6 Å². The van der Waals surface area contributed by atoms with Crippen LogP contribution in [0.3, 0.4) is 0 Å². The fourth-order valence-electron chi connectivity index (χ4n) is 7.67. The van der Waals surface area contributed by atoms with Gasteiger partial charge in [0.25, 0.3) is 0 Å². The van der Waals surface area contributed by atoms with Gasteiger partial charge >= 0.3 is 6.09 Å². The highest BCUT2D eigenvalue weighted by atomic mass is 16.5. The molecule has 0 saturated heterocycles. The fraction of sp³-hybridized carbons (Fsp3) is 0.952. The zero-order valence-electron chi connectivity index (χ0n) is 16.1. The number of hydrogen-bond acceptors (Lipinski definition) is 3. The molecular formula is C21H35NO3. The van der Waals surface area contributed by atoms with E-state index in [0.29, 0.717) is 11.3 Å². The number of aliphatic hydroxyl groups is 1. The highest BCUT2D eigenvalue weighted by molar-refractivity contribution is 5.67. The second-order valence-electron chi connectivity index (χ2n) is 9.90. The van der Waals surface area contributed by atoms with Crippen molar-refractivity contribution in [2.24, 2.45) is 34.5 Å². The van der Waals surface area contributed by atoms with E-state index in [-0.39, 0.29) is 23.7 Å². The number of fused-ring (bicyclic) bond motifs is 5. The van der Waals surface area contributed by atoms with Gasteiger partial charge in [0.05, 0.1) is 13.2 Å². The van der Waals surface area contributed by atoms with Gasteiger partial charge in [-0.05, 0) is 92.3 Å². The van der Waals surface area contributed by atoms with Gasteiger partial charge in [-0.3, -0.25) is 0 Å². The van der Waals surface area contributed by atoms with Crippen molar-refractivity contribution in [3.05, 3.63) is 0 Å². The van der Waals surface area contributed by atoms with Gasteiger partial charge in [0, 0.05) is 6.04 Å². The van der Waals surface area contributed by atoms with Crippen LogP contribution in [0, 0.1) is 34.5 Å². The second kappa shape index (κ2) is 6.14. The number of carbonyl (C=O) groups excluding carboxylic acids is 1. The molecule has 0 aliphatic heterocycles. The Bertz CT molecular complexity index is 537. The van der Waals surface area contributed by atoms with E-state index in [1.807, 2.05) is 0 Å². The van der Waals surface area contributed by atoms with Crippen LogP contribution in [0.25, 0.3) is 0 Å². The van der Waals surface area contributed by atoms with Crippen molar-refractivity contribution in [2.45, 2.75) is 83.8 Å². The average molecular weight is 350 g/mol. The Morgan fingerprint density at radius 3 is 2.48 bits per heavy atom. The number of alkyl carbamates (subject to hydrolysis) is 1. The van der Waals surface area contributed by atoms with Crippen LogP contribution in [0.5, 0.6) is 0 Å². The van der Waals surface area contributed by atoms with Gasteiger partial charge in [0.1, 0.15) is 0 Å². The third-order valence-corrected chi connectivity index (χ3v) is 9.12. The maximum atomic E-state index is 11.8. The molecule has 8 atom stereocenters. The minimum atomic E-state index is -0.272. The van der Waals surface area contributed by atoms with Crippen molar-refractivity contribution in [3.8, 4) is 0 Å². The molecule has 25 heavy (non-hydrogen) atoms. The molecule has 0 aromatic carbocycles. The predicted octanol–water partition coefficient (Wildman–Crippen LogP) is 4.11. The Balaban J connectivity index is 1.55. The van der Waals surface area contributed by atoms with Gasteiger partial charge in [-0.2, -0.15) is 0 Å². The molecule has 0 aromatic heterocycles. The van der Waals surface area contributed by atoms with Crippen molar-refractivity contribution in [2.75, 3.05) is 7.11 Å². The Kier molecular flexibility index (Phi) is 4.33. The lowest BCUT2D eigenvalue weighted by Crippen LogP contribution is -2.56. The van der Waals surface area contributed by atoms with Crippen LogP contribution < -0.4 is 5.32 Å². The Labute approximate surface area is 152 Å². The predicted molar refractivity (Wildman–Crippen MR) is 97.1 cm³/mol. The molecule has 4 rings (SSSR count). The minimum absolute atomic E-state index is 0.0661. The first-order chi connectivity index (χ1) is 11.9. The Hall–Kier alpha value is -0.770. The van der Waals surface area contributed by atoms with Gasteiger partial charge in [-0.1, -0.05) is 13.8 Å². The standard InChI is InChI=1S/C21H35NO3/c1-20-10-8-14(23)12-13(20)4-5-15-16-6-7-18(22-19(24)25-3)21(16,2)11-9-17(15)20/h13-18,23H,4-12H2,1-3H3,(H,22,24)/t13-,14+,15+,16+,17-,18+,20-,21-/m0/s1. The first-order valence-electron chi connectivity index (χ1n) is 10.4. The molecule has 0 heterocycles. The highest BCUT2D eigenvalue weighted by Gasteiger charge is 2.60. The number of carbonyl (C=O) groups is 1. The summed E-state index contributed by atoms with van der Waals surface area (Å²) in [5, 5.41) is 13.3. The molecule has 0 radical (unpaired) electrons. The van der Waals surface area contributed by atoms with Crippen LogP contribution in [-0.4, -0.2) is 30.5 Å². The molecular weight excluding hydrogens is 314 g/mol. The Morgan fingerprint density at radius 2 is 1.72 bits per heavy atom. The molecule has 0 bridgehead atoms. The maximum absolute atomic E-state index is 11.8. The summed E-state index contributed by atoms with van der Waals surface area (Å²) in [5.74, 6) is 3.07. The summed E-state index contributed by atoms with van der Waals surface area (Å²) in [6.45, 7) is 4.95. The molecule has 1 amide bonds. The highest BCUT2D eigenvalue weighted by Crippen LogP contribution is 2.66. The fourth-order valence-corrected chi connectivity index (χ4v) is 7.67. The van der Waals surface area contributed by atoms with Crippen LogP contribution in [-0.2, 0) is 4.74 Å². The third kappa shape index (κ3) is 2.62. The lowest BCUT2D eigenvalue weighted by atomic mass is 9.45. The quantitative estimate of drug-likeness (QED) is 0.749. The van der Waals surface area contributed by atoms with Crippen molar-refractivity contribution in [1.82, 2.24) is 5.32 Å². The molecule has 142 valence electrons. The summed E-state index contributed by atoms with van der Waals surface area (Å²) >= 11 is 0. The van der Waals surface area contributed by atoms with Crippen molar-refractivity contribution in [1.29, 1.82) is 0 Å². The van der Waals surface area contributed by atoms with E-state index in [0.717, 1.165) is 37.0 Å². The maximum Gasteiger partial charge on any atom is 0.407 e. The number of hydrogen-bond donors (Lipinski definition) is 2. The van der Waals surface area contributed by atoms with Crippen molar-refractivity contribution < 1.29 is 14.6 Å². The van der Waals surface area contributed by atoms with Gasteiger partial charge in [-0.25, -0.2) is 4.79 Å². The number of amides is 1. The van der Waals surface area contributed by atoms with Crippen LogP contribution in [0.2, 0.25) is 0 Å². The van der Waals surface area contributed by atoms with E-state index < -0.39 is 0 Å². The monoisotopic (exact) mass is 349 g/mol. The molecule has 4 fully saturated rings. The van der Waals surface area contributed by atoms with E-state index in [1.54, 1.807) is 0 Å². The zero-order chi connectivity index (χ0) is 17.8. The lowest BCUT2D eigenvalue weighted by Gasteiger charge is -2.60. The van der Waals surface area contributed by atoms with Crippen LogP contribution in [0.4, 0.5) is 4.79 Å². The minimum Gasteiger partial charge on any atom is -0.453 e. The van der Waals surface area contributed by atoms with Gasteiger partial charge in [0.2, 0.25) is 0 Å². The first-order valence-corrected chi connectivity index (χ1v) is 10.4. The lowest BCUT2D eigenvalue weighted by molar-refractivity contribution is -0.123. The number of rotatable bonds is 1. The molecule has 4 nitrogen and oxygen atoms in total. The summed E-state index contributed by atoms with van der Waals surface area (Å²) in [6.07, 6.45) is 10.3.